The molecule has 7 nitrogen and oxygen atoms in total. The first-order valence-electron chi connectivity index (χ1n) is 10.1. The molecule has 1 aromatic carbocycles. The smallest absolute Gasteiger partial charge is 0.241 e. The number of carbonyl (C=O) groups is 1. The minimum Gasteiger partial charge on any atom is -0.507 e. The Morgan fingerprint density at radius 1 is 1.43 bits per heavy atom. The summed E-state index contributed by atoms with van der Waals surface area (Å²) in [6, 6.07) is 5.52. The maximum atomic E-state index is 13.3. The number of benzene rings is 1. The minimum absolute atomic E-state index is 0.0479. The number of amides is 1. The Labute approximate surface area is 186 Å². The third-order valence-electron chi connectivity index (χ3n) is 6.08. The Bertz CT molecular complexity index is 865. The number of piperazine rings is 1. The van der Waals surface area contributed by atoms with Gasteiger partial charge in [-0.25, -0.2) is 4.99 Å². The Balaban J connectivity index is 1.60. The van der Waals surface area contributed by atoms with Crippen LogP contribution in [-0.4, -0.2) is 102 Å². The molecule has 164 valence electrons. The van der Waals surface area contributed by atoms with Crippen molar-refractivity contribution in [2.24, 2.45) is 4.99 Å². The molecule has 9 heteroatoms. The lowest BCUT2D eigenvalue weighted by Crippen LogP contribution is -2.64. The number of aliphatic imine (C=N–C) groups is 1. The van der Waals surface area contributed by atoms with Crippen LogP contribution in [0.5, 0.6) is 5.75 Å². The van der Waals surface area contributed by atoms with E-state index >= 15 is 0 Å². The number of hydrogen-bond acceptors (Lipinski definition) is 8. The number of rotatable bonds is 6. The summed E-state index contributed by atoms with van der Waals surface area (Å²) in [6.45, 7) is 2.95. The van der Waals surface area contributed by atoms with E-state index in [4.69, 9.17) is 9.73 Å². The Kier molecular flexibility index (Phi) is 5.89. The van der Waals surface area contributed by atoms with E-state index in [9.17, 15) is 9.90 Å². The predicted octanol–water partition coefficient (Wildman–Crippen LogP) is 1.94. The highest BCUT2D eigenvalue weighted by Gasteiger charge is 2.51. The normalized spacial score (nSPS) is 31.1. The van der Waals surface area contributed by atoms with Crippen molar-refractivity contribution in [2.45, 2.75) is 29.9 Å². The molecule has 1 unspecified atom stereocenters. The van der Waals surface area contributed by atoms with Crippen LogP contribution < -0.4 is 4.90 Å². The molecular formula is C21H30N4O3S2. The lowest BCUT2D eigenvalue weighted by atomic mass is 10.0. The van der Waals surface area contributed by atoms with Crippen molar-refractivity contribution in [3.63, 3.8) is 0 Å². The molecule has 4 atom stereocenters. The second-order valence-corrected chi connectivity index (χ2v) is 10.8. The predicted molar refractivity (Wildman–Crippen MR) is 125 cm³/mol. The number of phenolic OH excluding ortho intramolecular Hbond substituents is 1. The number of carbonyl (C=O) groups excluding carboxylic acids is 1. The van der Waals surface area contributed by atoms with Gasteiger partial charge in [-0.1, -0.05) is 0 Å². The van der Waals surface area contributed by atoms with E-state index in [1.165, 1.54) is 0 Å². The SMILES string of the molecule is CSCC1[C@H]2SC[C@@H](C(=O)N1C[C@]1(C)COC(c3cc(N(C)C)ccc3O)=N1)N2C. The van der Waals surface area contributed by atoms with Gasteiger partial charge in [0.05, 0.1) is 23.0 Å². The van der Waals surface area contributed by atoms with Crippen LogP contribution in [0.2, 0.25) is 0 Å². The number of likely N-dealkylation sites (N-methyl/N-ethyl adjacent to an activating group) is 1. The molecule has 2 bridgehead atoms. The summed E-state index contributed by atoms with van der Waals surface area (Å²) >= 11 is 3.66. The van der Waals surface area contributed by atoms with Crippen LogP contribution in [0.1, 0.15) is 12.5 Å². The number of hydrogen-bond donors (Lipinski definition) is 1. The second-order valence-electron chi connectivity index (χ2n) is 8.69. The van der Waals surface area contributed by atoms with Gasteiger partial charge in [0.2, 0.25) is 11.8 Å². The van der Waals surface area contributed by atoms with Crippen molar-refractivity contribution in [1.82, 2.24) is 9.80 Å². The van der Waals surface area contributed by atoms with Gasteiger partial charge in [-0.15, -0.1) is 11.8 Å². The number of nitrogens with zero attached hydrogens (tertiary/aromatic N) is 4. The quantitative estimate of drug-likeness (QED) is 0.710. The summed E-state index contributed by atoms with van der Waals surface area (Å²) in [6.07, 6.45) is 2.09. The first-order chi connectivity index (χ1) is 14.2. The van der Waals surface area contributed by atoms with Crippen molar-refractivity contribution >= 4 is 41.0 Å². The lowest BCUT2D eigenvalue weighted by molar-refractivity contribution is -0.144. The average molecular weight is 451 g/mol. The molecule has 0 aliphatic carbocycles. The molecular weight excluding hydrogens is 420 g/mol. The number of anilines is 1. The van der Waals surface area contributed by atoms with Crippen LogP contribution in [-0.2, 0) is 9.53 Å². The number of thioether (sulfide) groups is 2. The highest BCUT2D eigenvalue weighted by Crippen LogP contribution is 2.40. The zero-order valence-electron chi connectivity index (χ0n) is 18.2. The summed E-state index contributed by atoms with van der Waals surface area (Å²) in [5.41, 5.74) is 1.01. The Morgan fingerprint density at radius 2 is 2.20 bits per heavy atom. The summed E-state index contributed by atoms with van der Waals surface area (Å²) < 4.78 is 5.95. The summed E-state index contributed by atoms with van der Waals surface area (Å²) in [5, 5.41) is 10.7. The molecule has 1 amide bonds. The molecule has 2 fully saturated rings. The maximum absolute atomic E-state index is 13.3. The number of aromatic hydroxyl groups is 1. The van der Waals surface area contributed by atoms with Gasteiger partial charge in [0, 0.05) is 37.8 Å². The number of ether oxygens (including phenoxy) is 1. The van der Waals surface area contributed by atoms with E-state index in [-0.39, 0.29) is 23.7 Å². The third kappa shape index (κ3) is 3.76. The van der Waals surface area contributed by atoms with Crippen LogP contribution in [0.4, 0.5) is 5.69 Å². The van der Waals surface area contributed by atoms with E-state index in [1.807, 2.05) is 54.7 Å². The fraction of sp³-hybridized carbons (Fsp3) is 0.619. The van der Waals surface area contributed by atoms with Gasteiger partial charge in [-0.05, 0) is 38.4 Å². The van der Waals surface area contributed by atoms with Crippen LogP contribution in [0, 0.1) is 0 Å². The molecule has 4 rings (SSSR count). The standard InChI is InChI=1S/C21H30N4O3S2/c1-21(11-25-16(9-29-5)20-24(4)15(10-30-20)19(25)27)12-28-18(22-21)14-8-13(23(2)3)6-7-17(14)26/h6-8,15-16,20,26H,9-12H2,1-5H3/t15-,16?,20+,21+/m0/s1. The number of phenols is 1. The number of fused-ring (bicyclic) bond motifs is 2. The van der Waals surface area contributed by atoms with Crippen molar-refractivity contribution in [3.8, 4) is 5.75 Å². The van der Waals surface area contributed by atoms with E-state index < -0.39 is 5.54 Å². The average Bonchev–Trinajstić information content (AvgIpc) is 3.23. The van der Waals surface area contributed by atoms with E-state index in [0.717, 1.165) is 17.2 Å². The molecule has 3 aliphatic rings. The highest BCUT2D eigenvalue weighted by molar-refractivity contribution is 8.00. The van der Waals surface area contributed by atoms with E-state index in [1.54, 1.807) is 17.8 Å². The van der Waals surface area contributed by atoms with Gasteiger partial charge >= 0.3 is 0 Å². The van der Waals surface area contributed by atoms with Crippen molar-refractivity contribution in [3.05, 3.63) is 23.8 Å². The fourth-order valence-electron chi connectivity index (χ4n) is 4.37. The minimum atomic E-state index is -0.539. The van der Waals surface area contributed by atoms with Crippen LogP contribution >= 0.6 is 23.5 Å². The van der Waals surface area contributed by atoms with Gasteiger partial charge in [0.1, 0.15) is 17.9 Å². The molecule has 2 saturated heterocycles. The van der Waals surface area contributed by atoms with Crippen molar-refractivity contribution in [1.29, 1.82) is 0 Å². The molecule has 0 aromatic heterocycles. The summed E-state index contributed by atoms with van der Waals surface area (Å²) in [4.78, 5) is 24.4. The lowest BCUT2D eigenvalue weighted by Gasteiger charge is -2.45. The molecule has 1 N–H and O–H groups in total. The van der Waals surface area contributed by atoms with Gasteiger partial charge in [-0.3, -0.25) is 9.69 Å². The first kappa shape index (κ1) is 21.6. The largest absolute Gasteiger partial charge is 0.507 e. The molecule has 3 heterocycles. The monoisotopic (exact) mass is 450 g/mol. The van der Waals surface area contributed by atoms with Gasteiger partial charge < -0.3 is 19.6 Å². The summed E-state index contributed by atoms with van der Waals surface area (Å²) in [7, 11) is 5.97. The summed E-state index contributed by atoms with van der Waals surface area (Å²) in [5.74, 6) is 2.54. The molecule has 0 spiro atoms. The van der Waals surface area contributed by atoms with Gasteiger partial charge in [-0.2, -0.15) is 11.8 Å². The Morgan fingerprint density at radius 3 is 2.90 bits per heavy atom. The van der Waals surface area contributed by atoms with Gasteiger partial charge in [0.15, 0.2) is 0 Å². The van der Waals surface area contributed by atoms with Crippen LogP contribution in [0.15, 0.2) is 23.2 Å². The van der Waals surface area contributed by atoms with Gasteiger partial charge in [0.25, 0.3) is 0 Å². The highest BCUT2D eigenvalue weighted by atomic mass is 32.2. The maximum Gasteiger partial charge on any atom is 0.241 e. The molecule has 3 aliphatic heterocycles. The zero-order chi connectivity index (χ0) is 21.6. The Hall–Kier alpha value is -1.58. The molecule has 0 saturated carbocycles. The van der Waals surface area contributed by atoms with E-state index in [0.29, 0.717) is 30.0 Å². The molecule has 1 aromatic rings. The second kappa shape index (κ2) is 8.16. The van der Waals surface area contributed by atoms with Crippen LogP contribution in [0.3, 0.4) is 0 Å². The van der Waals surface area contributed by atoms with Crippen LogP contribution in [0.25, 0.3) is 0 Å². The first-order valence-corrected chi connectivity index (χ1v) is 12.5. The van der Waals surface area contributed by atoms with E-state index in [2.05, 4.69) is 18.2 Å². The fourth-order valence-corrected chi connectivity index (χ4v) is 6.80. The third-order valence-corrected chi connectivity index (χ3v) is 8.25. The molecule has 30 heavy (non-hydrogen) atoms. The van der Waals surface area contributed by atoms with Crippen molar-refractivity contribution < 1.29 is 14.6 Å². The molecule has 0 radical (unpaired) electrons. The van der Waals surface area contributed by atoms with Crippen molar-refractivity contribution in [2.75, 3.05) is 57.0 Å². The topological polar surface area (TPSA) is 68.6 Å². The zero-order valence-corrected chi connectivity index (χ0v) is 19.8.